The highest BCUT2D eigenvalue weighted by Crippen LogP contribution is 2.31. The number of thioether (sulfide) groups is 1. The van der Waals surface area contributed by atoms with Crippen molar-refractivity contribution in [1.29, 1.82) is 0 Å². The fourth-order valence-corrected chi connectivity index (χ4v) is 4.16. The van der Waals surface area contributed by atoms with Crippen LogP contribution in [0, 0.1) is 6.92 Å². The van der Waals surface area contributed by atoms with Gasteiger partial charge < -0.3 is 10.6 Å². The molecule has 134 valence electrons. The van der Waals surface area contributed by atoms with E-state index in [1.165, 1.54) is 23.1 Å². The molecule has 2 N–H and O–H groups in total. The smallest absolute Gasteiger partial charge is 0.237 e. The van der Waals surface area contributed by atoms with Crippen LogP contribution in [0.1, 0.15) is 37.8 Å². The van der Waals surface area contributed by atoms with Gasteiger partial charge in [0.1, 0.15) is 0 Å². The maximum absolute atomic E-state index is 12.6. The molecule has 0 radical (unpaired) electrons. The molecule has 0 saturated heterocycles. The van der Waals surface area contributed by atoms with Crippen molar-refractivity contribution in [3.63, 3.8) is 0 Å². The van der Waals surface area contributed by atoms with Crippen molar-refractivity contribution >= 4 is 39.8 Å². The highest BCUT2D eigenvalue weighted by atomic mass is 32.2. The Bertz CT molecular complexity index is 742. The van der Waals surface area contributed by atoms with E-state index in [2.05, 4.69) is 47.3 Å². The van der Waals surface area contributed by atoms with E-state index >= 15 is 0 Å². The van der Waals surface area contributed by atoms with Gasteiger partial charge in [0.05, 0.1) is 5.25 Å². The third-order valence-corrected chi connectivity index (χ3v) is 5.69. The summed E-state index contributed by atoms with van der Waals surface area (Å²) in [4.78, 5) is 12.6. The average Bonchev–Trinajstić information content (AvgIpc) is 3.01. The Morgan fingerprint density at radius 1 is 1.36 bits per heavy atom. The van der Waals surface area contributed by atoms with Crippen LogP contribution in [-0.2, 0) is 4.79 Å². The van der Waals surface area contributed by atoms with Crippen molar-refractivity contribution in [2.45, 2.75) is 43.2 Å². The van der Waals surface area contributed by atoms with E-state index in [0.717, 1.165) is 26.3 Å². The first-order chi connectivity index (χ1) is 11.9. The molecule has 7 heteroatoms. The molecule has 0 saturated carbocycles. The van der Waals surface area contributed by atoms with Gasteiger partial charge in [0, 0.05) is 12.2 Å². The van der Waals surface area contributed by atoms with Gasteiger partial charge in [-0.2, -0.15) is 0 Å². The lowest BCUT2D eigenvalue weighted by Crippen LogP contribution is -2.23. The minimum atomic E-state index is -0.264. The summed E-state index contributed by atoms with van der Waals surface area (Å²) >= 11 is 2.85. The number of hydrogen-bond donors (Lipinski definition) is 2. The van der Waals surface area contributed by atoms with Gasteiger partial charge in [-0.15, -0.1) is 16.8 Å². The molecule has 0 aliphatic heterocycles. The molecular formula is C18H24N4OS2. The van der Waals surface area contributed by atoms with Crippen molar-refractivity contribution in [2.75, 3.05) is 17.2 Å². The van der Waals surface area contributed by atoms with Gasteiger partial charge in [-0.25, -0.2) is 0 Å². The van der Waals surface area contributed by atoms with Crippen LogP contribution in [0.2, 0.25) is 0 Å². The number of benzene rings is 1. The number of carbonyl (C=O) groups is 1. The number of hydrogen-bond acceptors (Lipinski definition) is 6. The predicted octanol–water partition coefficient (Wildman–Crippen LogP) is 4.69. The normalized spacial score (nSPS) is 12.0. The van der Waals surface area contributed by atoms with Gasteiger partial charge in [0.15, 0.2) is 4.34 Å². The molecule has 0 spiro atoms. The highest BCUT2D eigenvalue weighted by Gasteiger charge is 2.19. The van der Waals surface area contributed by atoms with Gasteiger partial charge in [-0.1, -0.05) is 61.2 Å². The number of carbonyl (C=O) groups excluding carboxylic acids is 1. The zero-order valence-corrected chi connectivity index (χ0v) is 16.6. The van der Waals surface area contributed by atoms with Crippen molar-refractivity contribution in [3.05, 3.63) is 42.0 Å². The first kappa shape index (κ1) is 19.5. The largest absolute Gasteiger partial charge is 0.357 e. The number of para-hydroxylation sites is 1. The number of aromatic nitrogens is 2. The van der Waals surface area contributed by atoms with Gasteiger partial charge in [0.25, 0.3) is 0 Å². The van der Waals surface area contributed by atoms with Crippen molar-refractivity contribution in [3.8, 4) is 0 Å². The predicted molar refractivity (Wildman–Crippen MR) is 108 cm³/mol. The van der Waals surface area contributed by atoms with Gasteiger partial charge in [-0.05, 0) is 30.9 Å². The molecule has 1 aromatic heterocycles. The molecule has 1 unspecified atom stereocenters. The number of aryl methyl sites for hydroxylation is 1. The zero-order chi connectivity index (χ0) is 18.4. The van der Waals surface area contributed by atoms with Crippen LogP contribution < -0.4 is 10.6 Å². The summed E-state index contributed by atoms with van der Waals surface area (Å²) in [5, 5.41) is 14.8. The Labute approximate surface area is 157 Å². The molecule has 2 rings (SSSR count). The minimum absolute atomic E-state index is 0.0306. The maximum atomic E-state index is 12.6. The average molecular weight is 377 g/mol. The lowest BCUT2D eigenvalue weighted by molar-refractivity contribution is -0.115. The Kier molecular flexibility index (Phi) is 7.01. The fourth-order valence-electron chi connectivity index (χ4n) is 2.26. The molecule has 1 atom stereocenters. The van der Waals surface area contributed by atoms with E-state index in [4.69, 9.17) is 0 Å². The molecular weight excluding hydrogens is 352 g/mol. The third kappa shape index (κ3) is 5.31. The van der Waals surface area contributed by atoms with Crippen LogP contribution in [0.15, 0.2) is 35.2 Å². The van der Waals surface area contributed by atoms with Crippen molar-refractivity contribution < 1.29 is 4.79 Å². The van der Waals surface area contributed by atoms with Crippen molar-refractivity contribution in [2.24, 2.45) is 0 Å². The van der Waals surface area contributed by atoms with Gasteiger partial charge >= 0.3 is 0 Å². The summed E-state index contributed by atoms with van der Waals surface area (Å²) in [7, 11) is 0. The number of nitrogens with zero attached hydrogens (tertiary/aromatic N) is 2. The summed E-state index contributed by atoms with van der Waals surface area (Å²) in [6.07, 6.45) is 1.76. The zero-order valence-electron chi connectivity index (χ0n) is 15.0. The number of nitrogens with one attached hydrogen (secondary N) is 2. The molecule has 0 aliphatic rings. The standard InChI is InChI=1S/C18H24N4OS2/c1-6-10-19-17-21-22-18(25-17)24-13(5)16(23)20-15-12(4)8-7-9-14(15)11(2)3/h6-9,11,13H,1,10H2,2-5H3,(H,19,21)(H,20,23). The molecule has 1 amide bonds. The monoisotopic (exact) mass is 376 g/mol. The molecule has 1 aromatic carbocycles. The van der Waals surface area contributed by atoms with E-state index in [9.17, 15) is 4.79 Å². The lowest BCUT2D eigenvalue weighted by Gasteiger charge is -2.18. The molecule has 1 heterocycles. The molecule has 0 bridgehead atoms. The van der Waals surface area contributed by atoms with Gasteiger partial charge in [-0.3, -0.25) is 4.79 Å². The quantitative estimate of drug-likeness (QED) is 0.517. The van der Waals surface area contributed by atoms with Gasteiger partial charge in [0.2, 0.25) is 11.0 Å². The summed E-state index contributed by atoms with van der Waals surface area (Å²) in [6, 6.07) is 6.10. The Balaban J connectivity index is 2.03. The third-order valence-electron chi connectivity index (χ3n) is 3.63. The van der Waals surface area contributed by atoms with E-state index in [1.54, 1.807) is 6.08 Å². The lowest BCUT2D eigenvalue weighted by atomic mass is 9.98. The van der Waals surface area contributed by atoms with E-state index in [0.29, 0.717) is 12.5 Å². The van der Waals surface area contributed by atoms with E-state index < -0.39 is 0 Å². The molecule has 0 fully saturated rings. The first-order valence-corrected chi connectivity index (χ1v) is 9.87. The number of amides is 1. The second-order valence-electron chi connectivity index (χ2n) is 5.99. The molecule has 5 nitrogen and oxygen atoms in total. The number of anilines is 2. The van der Waals surface area contributed by atoms with Crippen molar-refractivity contribution in [1.82, 2.24) is 10.2 Å². The highest BCUT2D eigenvalue weighted by molar-refractivity contribution is 8.02. The Morgan fingerprint density at radius 3 is 2.80 bits per heavy atom. The first-order valence-electron chi connectivity index (χ1n) is 8.17. The number of rotatable bonds is 8. The summed E-state index contributed by atoms with van der Waals surface area (Å²) in [6.45, 7) is 12.4. The Hall–Kier alpha value is -1.86. The Morgan fingerprint density at radius 2 is 2.12 bits per heavy atom. The topological polar surface area (TPSA) is 66.9 Å². The second-order valence-corrected chi connectivity index (χ2v) is 8.55. The minimum Gasteiger partial charge on any atom is -0.357 e. The second kappa shape index (κ2) is 9.01. The maximum Gasteiger partial charge on any atom is 0.237 e. The summed E-state index contributed by atoms with van der Waals surface area (Å²) in [5.41, 5.74) is 3.14. The molecule has 2 aromatic rings. The fraction of sp³-hybridized carbons (Fsp3) is 0.389. The van der Waals surface area contributed by atoms with Crippen LogP contribution in [0.5, 0.6) is 0 Å². The van der Waals surface area contributed by atoms with Crippen LogP contribution in [0.4, 0.5) is 10.8 Å². The van der Waals surface area contributed by atoms with Crippen LogP contribution in [0.25, 0.3) is 0 Å². The van der Waals surface area contributed by atoms with E-state index in [-0.39, 0.29) is 11.2 Å². The van der Waals surface area contributed by atoms with Crippen LogP contribution >= 0.6 is 23.1 Å². The molecule has 0 aliphatic carbocycles. The SMILES string of the molecule is C=CCNc1nnc(SC(C)C(=O)Nc2c(C)cccc2C(C)C)s1. The van der Waals surface area contributed by atoms with Crippen LogP contribution in [0.3, 0.4) is 0 Å². The summed E-state index contributed by atoms with van der Waals surface area (Å²) < 4.78 is 0.767. The summed E-state index contributed by atoms with van der Waals surface area (Å²) in [5.74, 6) is 0.316. The van der Waals surface area contributed by atoms with E-state index in [1.807, 2.05) is 26.0 Å². The van der Waals surface area contributed by atoms with Crippen LogP contribution in [-0.4, -0.2) is 27.9 Å². The molecule has 25 heavy (non-hydrogen) atoms.